The van der Waals surface area contributed by atoms with Gasteiger partial charge < -0.3 is 10.5 Å². The number of carbonyl (C=O) groups excluding carboxylic acids is 1. The number of nitrogens with two attached hydrogens (primary N) is 1. The molecule has 0 bridgehead atoms. The van der Waals surface area contributed by atoms with E-state index in [1.807, 2.05) is 66.7 Å². The smallest absolute Gasteiger partial charge is 0.249 e. The summed E-state index contributed by atoms with van der Waals surface area (Å²) in [5, 5.41) is 0. The van der Waals surface area contributed by atoms with E-state index in [-0.39, 0.29) is 0 Å². The van der Waals surface area contributed by atoms with Gasteiger partial charge in [0.05, 0.1) is 5.56 Å². The Balaban J connectivity index is 2.14. The highest BCUT2D eigenvalue weighted by atomic mass is 16.5. The Hall–Kier alpha value is -3.07. The molecule has 0 aliphatic rings. The van der Waals surface area contributed by atoms with Gasteiger partial charge in [-0.3, -0.25) is 4.79 Å². The Kier molecular flexibility index (Phi) is 3.88. The van der Waals surface area contributed by atoms with E-state index in [1.165, 1.54) is 0 Å². The third-order valence-electron chi connectivity index (χ3n) is 3.33. The summed E-state index contributed by atoms with van der Waals surface area (Å²) in [6, 6.07) is 24.4. The average Bonchev–Trinajstić information content (AvgIpc) is 2.56. The maximum Gasteiger partial charge on any atom is 0.249 e. The molecule has 0 unspecified atom stereocenters. The lowest BCUT2D eigenvalue weighted by Crippen LogP contribution is -2.12. The van der Waals surface area contributed by atoms with Crippen molar-refractivity contribution < 1.29 is 9.53 Å². The maximum atomic E-state index is 11.8. The van der Waals surface area contributed by atoms with Crippen molar-refractivity contribution in [1.82, 2.24) is 0 Å². The van der Waals surface area contributed by atoms with Crippen LogP contribution in [0.3, 0.4) is 0 Å². The fourth-order valence-corrected chi connectivity index (χ4v) is 2.34. The van der Waals surface area contributed by atoms with E-state index < -0.39 is 5.91 Å². The second-order valence-electron chi connectivity index (χ2n) is 4.82. The number of carbonyl (C=O) groups is 1. The van der Waals surface area contributed by atoms with E-state index in [9.17, 15) is 4.79 Å². The van der Waals surface area contributed by atoms with Crippen LogP contribution < -0.4 is 10.5 Å². The molecule has 0 saturated carbocycles. The summed E-state index contributed by atoms with van der Waals surface area (Å²) in [5.41, 5.74) is 7.56. The van der Waals surface area contributed by atoms with Gasteiger partial charge in [-0.05, 0) is 29.8 Å². The quantitative estimate of drug-likeness (QED) is 0.780. The van der Waals surface area contributed by atoms with Gasteiger partial charge in [-0.25, -0.2) is 0 Å². The zero-order valence-electron chi connectivity index (χ0n) is 11.9. The van der Waals surface area contributed by atoms with Crippen LogP contribution in [0.1, 0.15) is 10.4 Å². The van der Waals surface area contributed by atoms with Crippen molar-refractivity contribution in [2.24, 2.45) is 5.73 Å². The van der Waals surface area contributed by atoms with Crippen LogP contribution in [0.5, 0.6) is 11.5 Å². The first-order chi connectivity index (χ1) is 10.8. The number of rotatable bonds is 4. The molecule has 0 heterocycles. The standard InChI is InChI=1S/C19H15NO2/c20-19(21)16-12-7-13-17(22-15-10-5-2-6-11-15)18(16)14-8-3-1-4-9-14/h1-13H,(H2,20,21). The van der Waals surface area contributed by atoms with Gasteiger partial charge in [0, 0.05) is 5.56 Å². The minimum atomic E-state index is -0.475. The Morgan fingerprint density at radius 2 is 1.41 bits per heavy atom. The number of hydrogen-bond donors (Lipinski definition) is 1. The third-order valence-corrected chi connectivity index (χ3v) is 3.33. The number of amides is 1. The Morgan fingerprint density at radius 1 is 0.773 bits per heavy atom. The molecule has 0 saturated heterocycles. The first-order valence-corrected chi connectivity index (χ1v) is 6.97. The molecule has 22 heavy (non-hydrogen) atoms. The van der Waals surface area contributed by atoms with Crippen molar-refractivity contribution in [1.29, 1.82) is 0 Å². The van der Waals surface area contributed by atoms with Crippen molar-refractivity contribution in [2.45, 2.75) is 0 Å². The van der Waals surface area contributed by atoms with Gasteiger partial charge in [-0.1, -0.05) is 54.6 Å². The highest BCUT2D eigenvalue weighted by Crippen LogP contribution is 2.35. The fourth-order valence-electron chi connectivity index (χ4n) is 2.34. The fraction of sp³-hybridized carbons (Fsp3) is 0. The normalized spacial score (nSPS) is 10.2. The molecule has 2 N–H and O–H groups in total. The summed E-state index contributed by atoms with van der Waals surface area (Å²) in [7, 11) is 0. The van der Waals surface area contributed by atoms with Crippen molar-refractivity contribution in [3.05, 3.63) is 84.4 Å². The van der Waals surface area contributed by atoms with Gasteiger partial charge in [-0.2, -0.15) is 0 Å². The van der Waals surface area contributed by atoms with E-state index >= 15 is 0 Å². The Labute approximate surface area is 129 Å². The molecular formula is C19H15NO2. The Bertz CT molecular complexity index is 783. The zero-order valence-corrected chi connectivity index (χ0v) is 11.9. The molecular weight excluding hydrogens is 274 g/mol. The van der Waals surface area contributed by atoms with Crippen LogP contribution in [-0.2, 0) is 0 Å². The van der Waals surface area contributed by atoms with Crippen LogP contribution in [0.4, 0.5) is 0 Å². The van der Waals surface area contributed by atoms with Gasteiger partial charge in [0.15, 0.2) is 0 Å². The zero-order chi connectivity index (χ0) is 15.4. The molecule has 0 atom stereocenters. The minimum absolute atomic E-state index is 0.444. The molecule has 0 aliphatic carbocycles. The highest BCUT2D eigenvalue weighted by Gasteiger charge is 2.15. The average molecular weight is 289 g/mol. The number of ether oxygens (including phenoxy) is 1. The Morgan fingerprint density at radius 3 is 2.05 bits per heavy atom. The van der Waals surface area contributed by atoms with E-state index in [2.05, 4.69) is 0 Å². The summed E-state index contributed by atoms with van der Waals surface area (Å²) in [6.45, 7) is 0. The van der Waals surface area contributed by atoms with Crippen LogP contribution in [0.2, 0.25) is 0 Å². The van der Waals surface area contributed by atoms with E-state index in [0.29, 0.717) is 22.6 Å². The molecule has 3 heteroatoms. The van der Waals surface area contributed by atoms with Crippen molar-refractivity contribution in [3.8, 4) is 22.6 Å². The van der Waals surface area contributed by atoms with Crippen LogP contribution in [0.15, 0.2) is 78.9 Å². The van der Waals surface area contributed by atoms with Gasteiger partial charge in [0.1, 0.15) is 11.5 Å². The van der Waals surface area contributed by atoms with E-state index in [1.54, 1.807) is 12.1 Å². The summed E-state index contributed by atoms with van der Waals surface area (Å²) in [5.74, 6) is 0.840. The lowest BCUT2D eigenvalue weighted by molar-refractivity contribution is 0.100. The molecule has 3 rings (SSSR count). The van der Waals surface area contributed by atoms with Crippen molar-refractivity contribution >= 4 is 5.91 Å². The topological polar surface area (TPSA) is 52.3 Å². The largest absolute Gasteiger partial charge is 0.457 e. The predicted octanol–water partition coefficient (Wildman–Crippen LogP) is 4.24. The van der Waals surface area contributed by atoms with Crippen molar-refractivity contribution in [3.63, 3.8) is 0 Å². The molecule has 108 valence electrons. The summed E-state index contributed by atoms with van der Waals surface area (Å²) in [6.07, 6.45) is 0. The second-order valence-corrected chi connectivity index (χ2v) is 4.82. The van der Waals surface area contributed by atoms with Crippen LogP contribution in [0.25, 0.3) is 11.1 Å². The number of benzene rings is 3. The lowest BCUT2D eigenvalue weighted by Gasteiger charge is -2.14. The molecule has 1 amide bonds. The number of para-hydroxylation sites is 1. The van der Waals surface area contributed by atoms with Gasteiger partial charge >= 0.3 is 0 Å². The summed E-state index contributed by atoms with van der Waals surface area (Å²) in [4.78, 5) is 11.8. The van der Waals surface area contributed by atoms with Gasteiger partial charge in [-0.15, -0.1) is 0 Å². The lowest BCUT2D eigenvalue weighted by atomic mass is 9.98. The molecule has 3 nitrogen and oxygen atoms in total. The maximum absolute atomic E-state index is 11.8. The van der Waals surface area contributed by atoms with Crippen LogP contribution in [0, 0.1) is 0 Å². The monoisotopic (exact) mass is 289 g/mol. The van der Waals surface area contributed by atoms with E-state index in [0.717, 1.165) is 5.56 Å². The molecule has 0 spiro atoms. The van der Waals surface area contributed by atoms with Gasteiger partial charge in [0.25, 0.3) is 0 Å². The highest BCUT2D eigenvalue weighted by molar-refractivity contribution is 6.01. The first kappa shape index (κ1) is 13.9. The molecule has 3 aromatic rings. The molecule has 3 aromatic carbocycles. The minimum Gasteiger partial charge on any atom is -0.457 e. The third kappa shape index (κ3) is 2.83. The number of hydrogen-bond acceptors (Lipinski definition) is 2. The SMILES string of the molecule is NC(=O)c1cccc(Oc2ccccc2)c1-c1ccccc1. The van der Waals surface area contributed by atoms with Crippen molar-refractivity contribution in [2.75, 3.05) is 0 Å². The summed E-state index contributed by atoms with van der Waals surface area (Å²) >= 11 is 0. The molecule has 0 aromatic heterocycles. The van der Waals surface area contributed by atoms with Gasteiger partial charge in [0.2, 0.25) is 5.91 Å². The van der Waals surface area contributed by atoms with E-state index in [4.69, 9.17) is 10.5 Å². The first-order valence-electron chi connectivity index (χ1n) is 6.97. The number of primary amides is 1. The molecule has 0 radical (unpaired) electrons. The second kappa shape index (κ2) is 6.14. The molecule has 0 aliphatic heterocycles. The van der Waals surface area contributed by atoms with Crippen LogP contribution in [-0.4, -0.2) is 5.91 Å². The van der Waals surface area contributed by atoms with Crippen LogP contribution >= 0.6 is 0 Å². The predicted molar refractivity (Wildman–Crippen MR) is 86.9 cm³/mol. The summed E-state index contributed by atoms with van der Waals surface area (Å²) < 4.78 is 5.95. The molecule has 0 fully saturated rings.